The number of benzene rings is 4. The number of fused-ring (bicyclic) bond motifs is 4. The molecule has 0 saturated carbocycles. The molecule has 1 unspecified atom stereocenters. The van der Waals surface area contributed by atoms with Crippen molar-refractivity contribution in [2.75, 3.05) is 0 Å². The first-order valence-corrected chi connectivity index (χ1v) is 24.6. The Morgan fingerprint density at radius 3 is 2.21 bits per heavy atom. The van der Waals surface area contributed by atoms with Crippen LogP contribution in [0, 0.1) is 12.8 Å². The zero-order valence-electron chi connectivity index (χ0n) is 23.5. The molecule has 4 aromatic rings. The van der Waals surface area contributed by atoms with Crippen LogP contribution < -0.4 is 13.6 Å². The van der Waals surface area contributed by atoms with Crippen LogP contribution in [0.4, 0.5) is 0 Å². The second-order valence-corrected chi connectivity index (χ2v) is 27.9. The Kier molecular flexibility index (Phi) is 7.47. The number of hydrogen-bond donors (Lipinski definition) is 0. The van der Waals surface area contributed by atoms with Crippen LogP contribution in [0.25, 0.3) is 28.3 Å². The molecule has 0 N–H and O–H groups in total. The summed E-state index contributed by atoms with van der Waals surface area (Å²) in [6.45, 7) is 11.5. The van der Waals surface area contributed by atoms with E-state index in [1.165, 1.54) is 63.7 Å². The Morgan fingerprint density at radius 1 is 0.795 bits per heavy atom. The van der Waals surface area contributed by atoms with Crippen LogP contribution in [0.5, 0.6) is 0 Å². The van der Waals surface area contributed by atoms with Gasteiger partial charge in [-0.25, -0.2) is 0 Å². The van der Waals surface area contributed by atoms with Gasteiger partial charge in [0.05, 0.1) is 0 Å². The van der Waals surface area contributed by atoms with Gasteiger partial charge in [0.15, 0.2) is 0 Å². The summed E-state index contributed by atoms with van der Waals surface area (Å²) in [5, 5.41) is 3.01. The van der Waals surface area contributed by atoms with E-state index in [0.29, 0.717) is 11.8 Å². The fourth-order valence-electron chi connectivity index (χ4n) is 6.86. The normalized spacial score (nSPS) is 16.5. The molecule has 0 saturated heterocycles. The number of halogens is 2. The van der Waals surface area contributed by atoms with E-state index in [1.807, 2.05) is 0 Å². The zero-order valence-corrected chi connectivity index (χ0v) is 28.9. The minimum absolute atomic E-state index is 0.119. The van der Waals surface area contributed by atoms with Crippen LogP contribution in [0.3, 0.4) is 0 Å². The van der Waals surface area contributed by atoms with Crippen molar-refractivity contribution in [1.29, 1.82) is 0 Å². The van der Waals surface area contributed by atoms with Gasteiger partial charge in [-0.3, -0.25) is 0 Å². The second-order valence-electron chi connectivity index (χ2n) is 12.0. The van der Waals surface area contributed by atoms with Gasteiger partial charge in [0.1, 0.15) is 0 Å². The summed E-state index contributed by atoms with van der Waals surface area (Å²) in [5.41, 5.74) is 12.3. The van der Waals surface area contributed by atoms with E-state index < -0.39 is 27.4 Å². The van der Waals surface area contributed by atoms with E-state index in [0.717, 1.165) is 6.42 Å². The van der Waals surface area contributed by atoms with Crippen molar-refractivity contribution in [1.82, 2.24) is 0 Å². The predicted octanol–water partition coefficient (Wildman–Crippen LogP) is 8.16. The Morgan fingerprint density at radius 2 is 1.49 bits per heavy atom. The number of aryl methyl sites for hydroxylation is 1. The van der Waals surface area contributed by atoms with E-state index in [4.69, 9.17) is 17.0 Å². The Hall–Kier alpha value is -1.70. The molecule has 39 heavy (non-hydrogen) atoms. The van der Waals surface area contributed by atoms with Crippen molar-refractivity contribution in [3.05, 3.63) is 107 Å². The summed E-state index contributed by atoms with van der Waals surface area (Å²) in [7, 11) is 15.2. The number of hydrogen-bond acceptors (Lipinski definition) is 0. The van der Waals surface area contributed by atoms with Crippen LogP contribution in [0.2, 0.25) is 0 Å². The molecule has 4 aromatic carbocycles. The third-order valence-corrected chi connectivity index (χ3v) is 22.9. The van der Waals surface area contributed by atoms with Gasteiger partial charge in [0, 0.05) is 0 Å². The quantitative estimate of drug-likeness (QED) is 0.163. The van der Waals surface area contributed by atoms with Crippen LogP contribution in [-0.2, 0) is 17.9 Å². The monoisotopic (exact) mass is 644 g/mol. The van der Waals surface area contributed by atoms with Gasteiger partial charge in [0.25, 0.3) is 0 Å². The van der Waals surface area contributed by atoms with Crippen molar-refractivity contribution < 1.29 is 17.9 Å². The predicted molar refractivity (Wildman–Crippen MR) is 172 cm³/mol. The van der Waals surface area contributed by atoms with E-state index in [-0.39, 0.29) is 3.63 Å². The average Bonchev–Trinajstić information content (AvgIpc) is 3.46. The van der Waals surface area contributed by atoms with Crippen LogP contribution in [0.1, 0.15) is 65.9 Å². The summed E-state index contributed by atoms with van der Waals surface area (Å²) < 4.78 is 1.43. The second kappa shape index (κ2) is 10.6. The van der Waals surface area contributed by atoms with E-state index >= 15 is 0 Å². The molecular formula is C35H36Cl2SiZr. The SMILES string of the molecule is Cc1ccccc1-c1c(C(C)C)ccc2c1C=C(CC(C)C)[CH]2[Zr]([Cl])([Cl])[c]1cccc2c1[SiH2]c1ccccc1-2. The molecule has 6 rings (SSSR count). The molecule has 0 radical (unpaired) electrons. The van der Waals surface area contributed by atoms with Gasteiger partial charge >= 0.3 is 250 Å². The molecule has 0 spiro atoms. The fraction of sp³-hybridized carbons (Fsp3) is 0.257. The van der Waals surface area contributed by atoms with Crippen molar-refractivity contribution in [2.45, 2.75) is 50.6 Å². The van der Waals surface area contributed by atoms with Crippen molar-refractivity contribution in [2.24, 2.45) is 5.92 Å². The van der Waals surface area contributed by atoms with Gasteiger partial charge < -0.3 is 0 Å². The third-order valence-electron chi connectivity index (χ3n) is 8.58. The average molecular weight is 647 g/mol. The first-order valence-electron chi connectivity index (χ1n) is 14.2. The number of rotatable bonds is 6. The van der Waals surface area contributed by atoms with Crippen molar-refractivity contribution in [3.8, 4) is 22.3 Å². The van der Waals surface area contributed by atoms with E-state index in [2.05, 4.69) is 120 Å². The molecule has 1 aliphatic carbocycles. The van der Waals surface area contributed by atoms with Crippen LogP contribution in [0.15, 0.2) is 84.4 Å². The van der Waals surface area contributed by atoms with Crippen LogP contribution >= 0.6 is 17.0 Å². The zero-order chi connectivity index (χ0) is 27.5. The Balaban J connectivity index is 1.57. The third kappa shape index (κ3) is 4.70. The molecule has 4 heteroatoms. The molecule has 0 aromatic heterocycles. The molecule has 1 aliphatic heterocycles. The summed E-state index contributed by atoms with van der Waals surface area (Å²) in [4.78, 5) is 0. The molecule has 0 nitrogen and oxygen atoms in total. The van der Waals surface area contributed by atoms with Crippen molar-refractivity contribution >= 4 is 46.3 Å². The number of allylic oxidation sites excluding steroid dienone is 1. The summed E-state index contributed by atoms with van der Waals surface area (Å²) in [6, 6.07) is 29.2. The molecule has 198 valence electrons. The van der Waals surface area contributed by atoms with Crippen LogP contribution in [-0.4, -0.2) is 9.52 Å². The standard InChI is InChI=1S/C23H27.C12H9Si.2ClH.Zr/c1-15(2)12-18-13-19-10-11-20(16(3)4)23(22(19)14-18)21-9-7-6-8-17(21)5;1-3-7-11-9(5-1)10-6-2-4-8-12(10)13-11;;;/h6-11,13-16H,12H2,1-5H3;1-7H,13H2;2*1H;/q;;;;+2/p-2. The van der Waals surface area contributed by atoms with E-state index in [9.17, 15) is 0 Å². The summed E-state index contributed by atoms with van der Waals surface area (Å²) >= 11 is -3.98. The molecular weight excluding hydrogens is 611 g/mol. The molecule has 2 aliphatic rings. The van der Waals surface area contributed by atoms with Gasteiger partial charge in [-0.15, -0.1) is 0 Å². The Labute approximate surface area is 247 Å². The first kappa shape index (κ1) is 27.5. The molecule has 1 atom stereocenters. The molecule has 0 bridgehead atoms. The van der Waals surface area contributed by atoms with Gasteiger partial charge in [-0.1, -0.05) is 0 Å². The Bertz CT molecular complexity index is 1620. The maximum atomic E-state index is 7.89. The molecule has 0 fully saturated rings. The minimum atomic E-state index is -3.98. The van der Waals surface area contributed by atoms with Crippen molar-refractivity contribution in [3.63, 3.8) is 0 Å². The molecule has 0 amide bonds. The maximum absolute atomic E-state index is 7.89. The first-order chi connectivity index (χ1) is 18.7. The van der Waals surface area contributed by atoms with Gasteiger partial charge in [0.2, 0.25) is 0 Å². The summed E-state index contributed by atoms with van der Waals surface area (Å²) in [5.74, 6) is 0.961. The fourth-order valence-corrected chi connectivity index (χ4v) is 23.7. The van der Waals surface area contributed by atoms with Gasteiger partial charge in [-0.05, 0) is 0 Å². The van der Waals surface area contributed by atoms with E-state index in [1.54, 1.807) is 0 Å². The van der Waals surface area contributed by atoms with Gasteiger partial charge in [-0.2, -0.15) is 0 Å². The topological polar surface area (TPSA) is 0 Å². The summed E-state index contributed by atoms with van der Waals surface area (Å²) in [6.07, 6.45) is 3.51. The molecule has 1 heterocycles.